The van der Waals surface area contributed by atoms with Gasteiger partial charge in [-0.15, -0.1) is 0 Å². The van der Waals surface area contributed by atoms with Crippen molar-refractivity contribution in [3.8, 4) is 0 Å². The number of hydrogen-bond donors (Lipinski definition) is 3. The average Bonchev–Trinajstić information content (AvgIpc) is 2.39. The molecule has 1 aliphatic rings. The third-order valence-corrected chi connectivity index (χ3v) is 1.92. The molecule has 0 atom stereocenters. The van der Waals surface area contributed by atoms with Crippen LogP contribution in [0.25, 0.3) is 0 Å². The highest BCUT2D eigenvalue weighted by atomic mass is 14.9. The van der Waals surface area contributed by atoms with Crippen LogP contribution in [0, 0.1) is 5.41 Å². The molecule has 0 saturated heterocycles. The molecule has 0 aromatic rings. The van der Waals surface area contributed by atoms with Crippen LogP contribution < -0.4 is 11.5 Å². The summed E-state index contributed by atoms with van der Waals surface area (Å²) in [6, 6.07) is 0.318. The van der Waals surface area contributed by atoms with Gasteiger partial charge in [0.25, 0.3) is 0 Å². The fraction of sp³-hybridized carbons (Fsp3) is 0.714. The van der Waals surface area contributed by atoms with Crippen LogP contribution in [0.1, 0.15) is 25.7 Å². The summed E-state index contributed by atoms with van der Waals surface area (Å²) < 4.78 is 0. The third-order valence-electron chi connectivity index (χ3n) is 1.92. The van der Waals surface area contributed by atoms with E-state index in [0.717, 1.165) is 12.8 Å². The van der Waals surface area contributed by atoms with E-state index in [1.165, 1.54) is 12.8 Å². The predicted octanol–water partition coefficient (Wildman–Crippen LogP) is 0.222. The van der Waals surface area contributed by atoms with Gasteiger partial charge < -0.3 is 11.5 Å². The first-order valence-corrected chi connectivity index (χ1v) is 3.88. The molecular formula is C7H14N4. The lowest BCUT2D eigenvalue weighted by atomic mass is 10.3. The van der Waals surface area contributed by atoms with Crippen LogP contribution >= 0.6 is 0 Å². The van der Waals surface area contributed by atoms with Gasteiger partial charge >= 0.3 is 0 Å². The molecule has 0 amide bonds. The summed E-state index contributed by atoms with van der Waals surface area (Å²) in [5.74, 6) is 0.0776. The lowest BCUT2D eigenvalue weighted by molar-refractivity contribution is 0.707. The van der Waals surface area contributed by atoms with Gasteiger partial charge in [0.05, 0.1) is 6.04 Å². The van der Waals surface area contributed by atoms with Crippen LogP contribution in [-0.4, -0.2) is 17.7 Å². The van der Waals surface area contributed by atoms with Crippen LogP contribution in [0.15, 0.2) is 4.99 Å². The van der Waals surface area contributed by atoms with E-state index in [9.17, 15) is 0 Å². The van der Waals surface area contributed by atoms with Gasteiger partial charge in [-0.25, -0.2) is 0 Å². The minimum Gasteiger partial charge on any atom is -0.381 e. The third kappa shape index (κ3) is 2.22. The van der Waals surface area contributed by atoms with Gasteiger partial charge in [-0.05, 0) is 12.8 Å². The number of amidine groups is 2. The van der Waals surface area contributed by atoms with E-state index >= 15 is 0 Å². The molecule has 0 aromatic carbocycles. The highest BCUT2D eigenvalue weighted by Crippen LogP contribution is 2.20. The summed E-state index contributed by atoms with van der Waals surface area (Å²) in [4.78, 5) is 4.12. The second-order valence-electron chi connectivity index (χ2n) is 2.87. The van der Waals surface area contributed by atoms with Crippen LogP contribution in [0.3, 0.4) is 0 Å². The monoisotopic (exact) mass is 154 g/mol. The number of aliphatic imine (C=N–C) groups is 1. The molecule has 0 bridgehead atoms. The van der Waals surface area contributed by atoms with Crippen LogP contribution in [0.5, 0.6) is 0 Å². The van der Waals surface area contributed by atoms with E-state index in [2.05, 4.69) is 4.99 Å². The average molecular weight is 154 g/mol. The molecule has 0 radical (unpaired) electrons. The minimum atomic E-state index is -0.114. The van der Waals surface area contributed by atoms with E-state index in [0.29, 0.717) is 6.04 Å². The molecule has 0 spiro atoms. The van der Waals surface area contributed by atoms with E-state index < -0.39 is 0 Å². The molecule has 1 saturated carbocycles. The Morgan fingerprint density at radius 1 is 1.27 bits per heavy atom. The highest BCUT2D eigenvalue weighted by Gasteiger charge is 2.14. The summed E-state index contributed by atoms with van der Waals surface area (Å²) >= 11 is 0. The maximum atomic E-state index is 6.99. The van der Waals surface area contributed by atoms with Crippen molar-refractivity contribution in [2.24, 2.45) is 16.5 Å². The Labute approximate surface area is 66.2 Å². The van der Waals surface area contributed by atoms with E-state index in [1.54, 1.807) is 0 Å². The molecule has 4 heteroatoms. The Hall–Kier alpha value is -1.06. The van der Waals surface area contributed by atoms with E-state index in [1.807, 2.05) is 0 Å². The van der Waals surface area contributed by atoms with Crippen LogP contribution in [0.4, 0.5) is 0 Å². The summed E-state index contributed by atoms with van der Waals surface area (Å²) in [7, 11) is 0. The topological polar surface area (TPSA) is 88.2 Å². The maximum absolute atomic E-state index is 6.99. The Kier molecular flexibility index (Phi) is 2.46. The molecule has 5 N–H and O–H groups in total. The Morgan fingerprint density at radius 3 is 2.27 bits per heavy atom. The van der Waals surface area contributed by atoms with Gasteiger partial charge in [0, 0.05) is 0 Å². The zero-order chi connectivity index (χ0) is 8.27. The Balaban J connectivity index is 2.49. The molecule has 0 unspecified atom stereocenters. The fourth-order valence-electron chi connectivity index (χ4n) is 1.30. The standard InChI is InChI=1S/C7H14N4/c8-6(9)7(10)11-5-3-1-2-4-5/h5H,1-4H2,(H3,8,9)(H2,10,11). The van der Waals surface area contributed by atoms with Gasteiger partial charge in [-0.3, -0.25) is 10.4 Å². The van der Waals surface area contributed by atoms with Crippen molar-refractivity contribution in [3.05, 3.63) is 0 Å². The van der Waals surface area contributed by atoms with E-state index in [-0.39, 0.29) is 11.7 Å². The minimum absolute atomic E-state index is 0.114. The summed E-state index contributed by atoms with van der Waals surface area (Å²) in [5, 5.41) is 6.99. The van der Waals surface area contributed by atoms with Gasteiger partial charge in [-0.2, -0.15) is 0 Å². The molecule has 1 rings (SSSR count). The van der Waals surface area contributed by atoms with Crippen molar-refractivity contribution in [3.63, 3.8) is 0 Å². The number of hydrogen-bond acceptors (Lipinski definition) is 2. The van der Waals surface area contributed by atoms with Crippen molar-refractivity contribution >= 4 is 11.7 Å². The highest BCUT2D eigenvalue weighted by molar-refractivity contribution is 6.37. The SMILES string of the molecule is N=C(N)C(N)=NC1CCCC1. The van der Waals surface area contributed by atoms with E-state index in [4.69, 9.17) is 16.9 Å². The van der Waals surface area contributed by atoms with Gasteiger partial charge in [-0.1, -0.05) is 12.8 Å². The molecular weight excluding hydrogens is 140 g/mol. The maximum Gasteiger partial charge on any atom is 0.161 e. The molecule has 62 valence electrons. The lowest BCUT2D eigenvalue weighted by Crippen LogP contribution is -2.31. The molecule has 0 aromatic heterocycles. The molecule has 1 aliphatic carbocycles. The van der Waals surface area contributed by atoms with Crippen molar-refractivity contribution in [1.82, 2.24) is 0 Å². The quantitative estimate of drug-likeness (QED) is 0.372. The molecule has 1 fully saturated rings. The molecule has 11 heavy (non-hydrogen) atoms. The fourth-order valence-corrected chi connectivity index (χ4v) is 1.30. The Bertz CT molecular complexity index is 179. The summed E-state index contributed by atoms with van der Waals surface area (Å²) in [6.45, 7) is 0. The Morgan fingerprint density at radius 2 is 1.82 bits per heavy atom. The lowest BCUT2D eigenvalue weighted by Gasteiger charge is -2.03. The zero-order valence-electron chi connectivity index (χ0n) is 6.51. The summed E-state index contributed by atoms with van der Waals surface area (Å²) in [6.07, 6.45) is 4.63. The summed E-state index contributed by atoms with van der Waals surface area (Å²) in [5.41, 5.74) is 10.5. The smallest absolute Gasteiger partial charge is 0.161 e. The van der Waals surface area contributed by atoms with Crippen molar-refractivity contribution < 1.29 is 0 Å². The van der Waals surface area contributed by atoms with Crippen molar-refractivity contribution in [2.75, 3.05) is 0 Å². The van der Waals surface area contributed by atoms with Gasteiger partial charge in [0.1, 0.15) is 0 Å². The predicted molar refractivity (Wildman–Crippen MR) is 45.8 cm³/mol. The molecule has 0 heterocycles. The number of rotatable bonds is 1. The second kappa shape index (κ2) is 3.37. The van der Waals surface area contributed by atoms with Gasteiger partial charge in [0.15, 0.2) is 11.7 Å². The number of nitrogens with two attached hydrogens (primary N) is 2. The largest absolute Gasteiger partial charge is 0.381 e. The van der Waals surface area contributed by atoms with Crippen molar-refractivity contribution in [2.45, 2.75) is 31.7 Å². The molecule has 0 aliphatic heterocycles. The second-order valence-corrected chi connectivity index (χ2v) is 2.87. The zero-order valence-corrected chi connectivity index (χ0v) is 6.51. The normalized spacial score (nSPS) is 20.5. The van der Waals surface area contributed by atoms with Crippen molar-refractivity contribution in [1.29, 1.82) is 5.41 Å². The first-order valence-electron chi connectivity index (χ1n) is 3.88. The number of nitrogens with one attached hydrogen (secondary N) is 1. The van der Waals surface area contributed by atoms with Gasteiger partial charge in [0.2, 0.25) is 0 Å². The first kappa shape index (κ1) is 8.04. The number of nitrogens with zero attached hydrogens (tertiary/aromatic N) is 1. The molecule has 4 nitrogen and oxygen atoms in total. The van der Waals surface area contributed by atoms with Crippen LogP contribution in [-0.2, 0) is 0 Å². The first-order chi connectivity index (χ1) is 5.20. The van der Waals surface area contributed by atoms with Crippen LogP contribution in [0.2, 0.25) is 0 Å².